The van der Waals surface area contributed by atoms with E-state index in [-0.39, 0.29) is 5.84 Å². The van der Waals surface area contributed by atoms with Crippen LogP contribution in [0.4, 0.5) is 0 Å². The van der Waals surface area contributed by atoms with Crippen molar-refractivity contribution in [2.24, 2.45) is 11.7 Å². The molecule has 0 saturated carbocycles. The molecule has 1 aliphatic rings. The van der Waals surface area contributed by atoms with Gasteiger partial charge in [-0.25, -0.2) is 0 Å². The molecule has 2 atom stereocenters. The van der Waals surface area contributed by atoms with Gasteiger partial charge in [0.15, 0.2) is 0 Å². The highest BCUT2D eigenvalue weighted by Crippen LogP contribution is 2.26. The van der Waals surface area contributed by atoms with E-state index in [0.717, 1.165) is 19.0 Å². The summed E-state index contributed by atoms with van der Waals surface area (Å²) in [6.07, 6.45) is 1.27. The number of nitrogen functional groups attached to an aromatic ring is 1. The van der Waals surface area contributed by atoms with Crippen LogP contribution in [0.15, 0.2) is 18.2 Å². The van der Waals surface area contributed by atoms with Gasteiger partial charge in [0.25, 0.3) is 0 Å². The number of hydrogen-bond acceptors (Lipinski definition) is 3. The topological polar surface area (TPSA) is 62.3 Å². The Morgan fingerprint density at radius 2 is 2.21 bits per heavy atom. The molecule has 0 aliphatic carbocycles. The number of methoxy groups -OCH3 is 1. The molecular formula is C15H23N3O. The Kier molecular flexibility index (Phi) is 4.10. The third-order valence-corrected chi connectivity index (χ3v) is 3.85. The predicted octanol–water partition coefficient (Wildman–Crippen LogP) is 2.21. The maximum atomic E-state index is 7.52. The second kappa shape index (κ2) is 5.61. The van der Waals surface area contributed by atoms with Crippen LogP contribution in [0.3, 0.4) is 0 Å². The molecule has 3 N–H and O–H groups in total. The third-order valence-electron chi connectivity index (χ3n) is 3.85. The Hall–Kier alpha value is -1.55. The van der Waals surface area contributed by atoms with E-state index in [1.54, 1.807) is 7.11 Å². The Morgan fingerprint density at radius 1 is 1.47 bits per heavy atom. The summed E-state index contributed by atoms with van der Waals surface area (Å²) >= 11 is 0. The molecule has 4 nitrogen and oxygen atoms in total. The molecule has 0 spiro atoms. The molecule has 1 aromatic rings. The van der Waals surface area contributed by atoms with Crippen LogP contribution in [-0.2, 0) is 6.54 Å². The lowest BCUT2D eigenvalue weighted by Gasteiger charge is -2.21. The van der Waals surface area contributed by atoms with Crippen molar-refractivity contribution in [3.05, 3.63) is 29.3 Å². The maximum absolute atomic E-state index is 7.52. The summed E-state index contributed by atoms with van der Waals surface area (Å²) in [5, 5.41) is 7.52. The smallest absolute Gasteiger partial charge is 0.130 e. The van der Waals surface area contributed by atoms with Gasteiger partial charge in [0.2, 0.25) is 0 Å². The van der Waals surface area contributed by atoms with Crippen LogP contribution in [0.5, 0.6) is 5.75 Å². The van der Waals surface area contributed by atoms with E-state index in [1.807, 2.05) is 18.2 Å². The van der Waals surface area contributed by atoms with Crippen molar-refractivity contribution in [3.63, 3.8) is 0 Å². The molecule has 0 bridgehead atoms. The lowest BCUT2D eigenvalue weighted by molar-refractivity contribution is 0.256. The van der Waals surface area contributed by atoms with Gasteiger partial charge >= 0.3 is 0 Å². The second-order valence-corrected chi connectivity index (χ2v) is 5.57. The Labute approximate surface area is 115 Å². The molecule has 1 fully saturated rings. The summed E-state index contributed by atoms with van der Waals surface area (Å²) in [5.41, 5.74) is 7.41. The normalized spacial score (nSPS) is 23.5. The summed E-state index contributed by atoms with van der Waals surface area (Å²) in [6, 6.07) is 6.54. The first-order valence-electron chi connectivity index (χ1n) is 6.76. The van der Waals surface area contributed by atoms with Crippen molar-refractivity contribution >= 4 is 5.84 Å². The number of hydrogen-bond donors (Lipinski definition) is 2. The lowest BCUT2D eigenvalue weighted by atomic mass is 10.1. The molecule has 4 heteroatoms. The monoisotopic (exact) mass is 261 g/mol. The van der Waals surface area contributed by atoms with Crippen LogP contribution in [-0.4, -0.2) is 30.4 Å². The summed E-state index contributed by atoms with van der Waals surface area (Å²) in [7, 11) is 1.62. The van der Waals surface area contributed by atoms with Crippen LogP contribution in [0.25, 0.3) is 0 Å². The van der Waals surface area contributed by atoms with Crippen molar-refractivity contribution in [2.75, 3.05) is 13.7 Å². The molecular weight excluding hydrogens is 238 g/mol. The second-order valence-electron chi connectivity index (χ2n) is 5.57. The highest BCUT2D eigenvalue weighted by Gasteiger charge is 2.25. The average molecular weight is 261 g/mol. The molecule has 1 saturated heterocycles. The number of ether oxygens (including phenoxy) is 1. The van der Waals surface area contributed by atoms with Gasteiger partial charge in [-0.15, -0.1) is 0 Å². The van der Waals surface area contributed by atoms with Crippen molar-refractivity contribution in [1.29, 1.82) is 5.41 Å². The number of amidine groups is 1. The number of nitrogens with one attached hydrogen (secondary N) is 1. The van der Waals surface area contributed by atoms with E-state index in [4.69, 9.17) is 15.9 Å². The quantitative estimate of drug-likeness (QED) is 0.645. The highest BCUT2D eigenvalue weighted by molar-refractivity contribution is 5.97. The molecule has 0 aromatic heterocycles. The highest BCUT2D eigenvalue weighted by atomic mass is 16.5. The predicted molar refractivity (Wildman–Crippen MR) is 77.7 cm³/mol. The minimum absolute atomic E-state index is 0.0477. The van der Waals surface area contributed by atoms with Crippen LogP contribution < -0.4 is 10.5 Å². The van der Waals surface area contributed by atoms with Gasteiger partial charge in [-0.05, 0) is 37.0 Å². The van der Waals surface area contributed by atoms with Gasteiger partial charge in [0, 0.05) is 19.1 Å². The van der Waals surface area contributed by atoms with Crippen LogP contribution >= 0.6 is 0 Å². The van der Waals surface area contributed by atoms with E-state index in [0.29, 0.717) is 17.4 Å². The van der Waals surface area contributed by atoms with Gasteiger partial charge < -0.3 is 10.5 Å². The van der Waals surface area contributed by atoms with Crippen molar-refractivity contribution in [2.45, 2.75) is 32.9 Å². The van der Waals surface area contributed by atoms with Crippen LogP contribution in [0.2, 0.25) is 0 Å². The molecule has 19 heavy (non-hydrogen) atoms. The van der Waals surface area contributed by atoms with E-state index in [1.165, 1.54) is 12.0 Å². The zero-order valence-electron chi connectivity index (χ0n) is 11.9. The Morgan fingerprint density at radius 3 is 2.74 bits per heavy atom. The van der Waals surface area contributed by atoms with Crippen molar-refractivity contribution in [3.8, 4) is 5.75 Å². The van der Waals surface area contributed by atoms with Crippen molar-refractivity contribution in [1.82, 2.24) is 4.90 Å². The molecule has 1 heterocycles. The fourth-order valence-corrected chi connectivity index (χ4v) is 2.90. The van der Waals surface area contributed by atoms with E-state index in [2.05, 4.69) is 18.7 Å². The summed E-state index contributed by atoms with van der Waals surface area (Å²) < 4.78 is 5.32. The number of nitrogens with zero attached hydrogens (tertiary/aromatic N) is 1. The van der Waals surface area contributed by atoms with Gasteiger partial charge in [-0.2, -0.15) is 0 Å². The first-order chi connectivity index (χ1) is 9.01. The van der Waals surface area contributed by atoms with E-state index >= 15 is 0 Å². The first-order valence-corrected chi connectivity index (χ1v) is 6.76. The largest absolute Gasteiger partial charge is 0.496 e. The number of nitrogens with two attached hydrogens (primary N) is 1. The minimum Gasteiger partial charge on any atom is -0.496 e. The summed E-state index contributed by atoms with van der Waals surface area (Å²) in [6.45, 7) is 6.67. The molecule has 2 rings (SSSR count). The fraction of sp³-hybridized carbons (Fsp3) is 0.533. The number of likely N-dealkylation sites (tertiary alicyclic amines) is 1. The van der Waals surface area contributed by atoms with Gasteiger partial charge in [0.1, 0.15) is 11.6 Å². The van der Waals surface area contributed by atoms with Crippen LogP contribution in [0.1, 0.15) is 31.4 Å². The number of rotatable bonds is 4. The molecule has 104 valence electrons. The molecule has 0 amide bonds. The Balaban J connectivity index is 2.15. The zero-order chi connectivity index (χ0) is 14.0. The Bertz CT molecular complexity index is 472. The summed E-state index contributed by atoms with van der Waals surface area (Å²) in [5.74, 6) is 1.50. The zero-order valence-corrected chi connectivity index (χ0v) is 11.9. The van der Waals surface area contributed by atoms with Gasteiger partial charge in [0.05, 0.1) is 12.7 Å². The maximum Gasteiger partial charge on any atom is 0.130 e. The van der Waals surface area contributed by atoms with E-state index < -0.39 is 0 Å². The fourth-order valence-electron chi connectivity index (χ4n) is 2.90. The first kappa shape index (κ1) is 13.9. The van der Waals surface area contributed by atoms with Crippen molar-refractivity contribution < 1.29 is 4.74 Å². The average Bonchev–Trinajstić information content (AvgIpc) is 2.67. The lowest BCUT2D eigenvalue weighted by Crippen LogP contribution is -2.26. The molecule has 1 aromatic carbocycles. The van der Waals surface area contributed by atoms with Crippen LogP contribution in [0, 0.1) is 11.3 Å². The molecule has 1 aliphatic heterocycles. The number of benzene rings is 1. The molecule has 2 unspecified atom stereocenters. The molecule has 0 radical (unpaired) electrons. The minimum atomic E-state index is 0.0477. The summed E-state index contributed by atoms with van der Waals surface area (Å²) in [4.78, 5) is 2.49. The SMILES string of the molecule is COc1cc(CN2CC(C)CC2C)ccc1C(=N)N. The van der Waals surface area contributed by atoms with E-state index in [9.17, 15) is 0 Å². The third kappa shape index (κ3) is 3.07. The van der Waals surface area contributed by atoms with Gasteiger partial charge in [-0.3, -0.25) is 10.3 Å². The van der Waals surface area contributed by atoms with Gasteiger partial charge in [-0.1, -0.05) is 13.0 Å². The standard InChI is InChI=1S/C15H23N3O/c1-10-6-11(2)18(8-10)9-12-4-5-13(15(16)17)14(7-12)19-3/h4-5,7,10-11H,6,8-9H2,1-3H3,(H3,16,17).